The van der Waals surface area contributed by atoms with Gasteiger partial charge in [0.15, 0.2) is 0 Å². The minimum atomic E-state index is -0.118. The largest absolute Gasteiger partial charge is 0.394 e. The molecule has 1 spiro atoms. The van der Waals surface area contributed by atoms with E-state index in [1.54, 1.807) is 0 Å². The zero-order valence-corrected chi connectivity index (χ0v) is 17.4. The summed E-state index contributed by atoms with van der Waals surface area (Å²) in [5, 5.41) is 9.91. The van der Waals surface area contributed by atoms with Crippen LogP contribution in [0.5, 0.6) is 0 Å². The van der Waals surface area contributed by atoms with E-state index in [2.05, 4.69) is 4.90 Å². The molecule has 0 radical (unpaired) electrons. The molecule has 1 aliphatic carbocycles. The number of hydrogen-bond acceptors (Lipinski definition) is 3. The van der Waals surface area contributed by atoms with Gasteiger partial charge in [0.05, 0.1) is 12.6 Å². The Morgan fingerprint density at radius 3 is 2.38 bits per heavy atom. The number of aliphatic hydroxyl groups excluding tert-OH is 1. The second-order valence-electron chi connectivity index (χ2n) is 9.43. The normalized spacial score (nSPS) is 24.8. The lowest BCUT2D eigenvalue weighted by molar-refractivity contribution is -0.134. The number of carbonyl (C=O) groups is 2. The summed E-state index contributed by atoms with van der Waals surface area (Å²) < 4.78 is 0. The van der Waals surface area contributed by atoms with E-state index in [-0.39, 0.29) is 24.0 Å². The molecule has 1 saturated carbocycles. The fraction of sp³-hybridized carbons (Fsp3) is 0.667. The Kier molecular flexibility index (Phi) is 6.23. The standard InChI is InChI=1S/C24H34N2O3/c27-17-21-16-24(18-26(21)23(29)20-9-5-2-6-10-20)11-13-25(14-12-24)22(28)15-19-7-3-1-4-8-19/h2,5-6,9-10,19,21,27H,1,3-4,7-8,11-18H2. The van der Waals surface area contributed by atoms with Crippen LogP contribution in [-0.4, -0.2) is 59.0 Å². The van der Waals surface area contributed by atoms with Gasteiger partial charge < -0.3 is 14.9 Å². The molecular formula is C24H34N2O3. The van der Waals surface area contributed by atoms with Crippen molar-refractivity contribution in [2.75, 3.05) is 26.2 Å². The number of benzene rings is 1. The summed E-state index contributed by atoms with van der Waals surface area (Å²) in [6.07, 6.45) is 9.69. The summed E-state index contributed by atoms with van der Waals surface area (Å²) in [6, 6.07) is 9.23. The summed E-state index contributed by atoms with van der Waals surface area (Å²) in [7, 11) is 0. The number of nitrogens with zero attached hydrogens (tertiary/aromatic N) is 2. The number of rotatable bonds is 4. The van der Waals surface area contributed by atoms with Crippen LogP contribution in [0, 0.1) is 11.3 Å². The lowest BCUT2D eigenvalue weighted by atomic mass is 9.76. The first-order chi connectivity index (χ1) is 14.1. The summed E-state index contributed by atoms with van der Waals surface area (Å²) in [5.41, 5.74) is 0.725. The van der Waals surface area contributed by atoms with Gasteiger partial charge >= 0.3 is 0 Å². The highest BCUT2D eigenvalue weighted by atomic mass is 16.3. The molecule has 4 rings (SSSR count). The lowest BCUT2D eigenvalue weighted by Crippen LogP contribution is -2.45. The van der Waals surface area contributed by atoms with Gasteiger partial charge in [-0.05, 0) is 55.6 Å². The summed E-state index contributed by atoms with van der Waals surface area (Å²) >= 11 is 0. The van der Waals surface area contributed by atoms with Gasteiger partial charge in [0.1, 0.15) is 0 Å². The molecule has 1 unspecified atom stereocenters. The van der Waals surface area contributed by atoms with E-state index in [9.17, 15) is 14.7 Å². The van der Waals surface area contributed by atoms with Crippen molar-refractivity contribution in [2.24, 2.45) is 11.3 Å². The smallest absolute Gasteiger partial charge is 0.254 e. The van der Waals surface area contributed by atoms with Crippen molar-refractivity contribution < 1.29 is 14.7 Å². The SMILES string of the molecule is O=C(CC1CCCCC1)N1CCC2(CC1)CC(CO)N(C(=O)c1ccccc1)C2. The maximum Gasteiger partial charge on any atom is 0.254 e. The number of piperidine rings is 1. The van der Waals surface area contributed by atoms with E-state index >= 15 is 0 Å². The molecule has 0 bridgehead atoms. The maximum absolute atomic E-state index is 13.0. The third kappa shape index (κ3) is 4.50. The van der Waals surface area contributed by atoms with E-state index in [4.69, 9.17) is 0 Å². The summed E-state index contributed by atoms with van der Waals surface area (Å²) in [6.45, 7) is 2.27. The van der Waals surface area contributed by atoms with Crippen LogP contribution >= 0.6 is 0 Å². The van der Waals surface area contributed by atoms with Gasteiger partial charge in [0.25, 0.3) is 5.91 Å². The fourth-order valence-corrected chi connectivity index (χ4v) is 5.67. The van der Waals surface area contributed by atoms with Gasteiger partial charge in [-0.25, -0.2) is 0 Å². The Morgan fingerprint density at radius 2 is 1.72 bits per heavy atom. The van der Waals surface area contributed by atoms with Gasteiger partial charge in [-0.1, -0.05) is 37.5 Å². The Labute approximate surface area is 174 Å². The van der Waals surface area contributed by atoms with Crippen LogP contribution in [0.4, 0.5) is 0 Å². The van der Waals surface area contributed by atoms with E-state index in [0.29, 0.717) is 30.4 Å². The molecule has 1 N–H and O–H groups in total. The van der Waals surface area contributed by atoms with Gasteiger partial charge in [-0.15, -0.1) is 0 Å². The van der Waals surface area contributed by atoms with E-state index in [1.165, 1.54) is 32.1 Å². The quantitative estimate of drug-likeness (QED) is 0.845. The van der Waals surface area contributed by atoms with Crippen molar-refractivity contribution in [2.45, 2.75) is 63.8 Å². The predicted molar refractivity (Wildman–Crippen MR) is 112 cm³/mol. The second-order valence-corrected chi connectivity index (χ2v) is 9.43. The molecular weight excluding hydrogens is 364 g/mol. The molecule has 29 heavy (non-hydrogen) atoms. The van der Waals surface area contributed by atoms with Crippen LogP contribution in [0.3, 0.4) is 0 Å². The maximum atomic E-state index is 13.0. The first-order valence-electron chi connectivity index (χ1n) is 11.3. The Morgan fingerprint density at radius 1 is 1.03 bits per heavy atom. The minimum absolute atomic E-state index is 0.00461. The Hall–Kier alpha value is -1.88. The van der Waals surface area contributed by atoms with Crippen molar-refractivity contribution in [1.82, 2.24) is 9.80 Å². The molecule has 2 amide bonds. The number of carbonyl (C=O) groups excluding carboxylic acids is 2. The van der Waals surface area contributed by atoms with Crippen LogP contribution < -0.4 is 0 Å². The average molecular weight is 399 g/mol. The Balaban J connectivity index is 1.35. The zero-order valence-electron chi connectivity index (χ0n) is 17.4. The van der Waals surface area contributed by atoms with Crippen molar-refractivity contribution in [3.05, 3.63) is 35.9 Å². The molecule has 2 saturated heterocycles. The lowest BCUT2D eigenvalue weighted by Gasteiger charge is -2.39. The van der Waals surface area contributed by atoms with E-state index < -0.39 is 0 Å². The molecule has 2 heterocycles. The van der Waals surface area contributed by atoms with Gasteiger partial charge in [0, 0.05) is 31.6 Å². The zero-order chi connectivity index (χ0) is 20.3. The molecule has 5 heteroatoms. The highest BCUT2D eigenvalue weighted by Crippen LogP contribution is 2.44. The van der Waals surface area contributed by atoms with Crippen molar-refractivity contribution >= 4 is 11.8 Å². The van der Waals surface area contributed by atoms with Crippen LogP contribution in [0.2, 0.25) is 0 Å². The molecule has 158 valence electrons. The van der Waals surface area contributed by atoms with Gasteiger partial charge in [0.2, 0.25) is 5.91 Å². The second kappa shape index (κ2) is 8.86. The highest BCUT2D eigenvalue weighted by molar-refractivity contribution is 5.94. The number of likely N-dealkylation sites (tertiary alicyclic amines) is 2. The topological polar surface area (TPSA) is 60.9 Å². The predicted octanol–water partition coefficient (Wildman–Crippen LogP) is 3.47. The van der Waals surface area contributed by atoms with Crippen LogP contribution in [-0.2, 0) is 4.79 Å². The highest BCUT2D eigenvalue weighted by Gasteiger charge is 2.47. The summed E-state index contributed by atoms with van der Waals surface area (Å²) in [5.74, 6) is 0.911. The van der Waals surface area contributed by atoms with E-state index in [1.807, 2.05) is 35.2 Å². The van der Waals surface area contributed by atoms with Crippen LogP contribution in [0.1, 0.15) is 68.1 Å². The monoisotopic (exact) mass is 398 g/mol. The van der Waals surface area contributed by atoms with Crippen molar-refractivity contribution in [3.8, 4) is 0 Å². The number of aliphatic hydroxyl groups is 1. The molecule has 1 aromatic carbocycles. The first-order valence-corrected chi connectivity index (χ1v) is 11.3. The fourth-order valence-electron chi connectivity index (χ4n) is 5.67. The molecule has 5 nitrogen and oxygen atoms in total. The van der Waals surface area contributed by atoms with Crippen LogP contribution in [0.25, 0.3) is 0 Å². The van der Waals surface area contributed by atoms with E-state index in [0.717, 1.165) is 32.4 Å². The number of amides is 2. The first kappa shape index (κ1) is 20.4. The molecule has 1 aromatic rings. The van der Waals surface area contributed by atoms with Crippen molar-refractivity contribution in [3.63, 3.8) is 0 Å². The van der Waals surface area contributed by atoms with Crippen molar-refractivity contribution in [1.29, 1.82) is 0 Å². The third-order valence-corrected chi connectivity index (χ3v) is 7.47. The molecule has 1 atom stereocenters. The van der Waals surface area contributed by atoms with Gasteiger partial charge in [-0.3, -0.25) is 9.59 Å². The molecule has 0 aromatic heterocycles. The van der Waals surface area contributed by atoms with Crippen LogP contribution in [0.15, 0.2) is 30.3 Å². The Bertz CT molecular complexity index is 706. The average Bonchev–Trinajstić information content (AvgIpc) is 3.13. The molecule has 3 fully saturated rings. The third-order valence-electron chi connectivity index (χ3n) is 7.47. The van der Waals surface area contributed by atoms with Gasteiger partial charge in [-0.2, -0.15) is 0 Å². The number of hydrogen-bond donors (Lipinski definition) is 1. The minimum Gasteiger partial charge on any atom is -0.394 e. The molecule has 3 aliphatic rings. The summed E-state index contributed by atoms with van der Waals surface area (Å²) in [4.78, 5) is 29.7. The molecule has 2 aliphatic heterocycles.